The molecule has 0 aliphatic carbocycles. The molecule has 3 aromatic carbocycles. The number of halogens is 1. The Morgan fingerprint density at radius 1 is 0.962 bits per heavy atom. The number of nitrogens with one attached hydrogen (secondary N) is 1. The Kier molecular flexibility index (Phi) is 4.42. The van der Waals surface area contributed by atoms with Gasteiger partial charge in [0.05, 0.1) is 10.9 Å². The first-order valence-electron chi connectivity index (χ1n) is 8.16. The first-order chi connectivity index (χ1) is 12.7. The summed E-state index contributed by atoms with van der Waals surface area (Å²) in [6.45, 7) is 0.408. The molecule has 4 aromatic rings. The summed E-state index contributed by atoms with van der Waals surface area (Å²) in [5.41, 5.74) is 2.28. The highest BCUT2D eigenvalue weighted by Crippen LogP contribution is 2.22. The van der Waals surface area contributed by atoms with E-state index in [-0.39, 0.29) is 5.56 Å². The number of fused-ring (bicyclic) bond motifs is 1. The quantitative estimate of drug-likeness (QED) is 0.566. The van der Waals surface area contributed by atoms with Gasteiger partial charge in [0.1, 0.15) is 18.2 Å². The maximum atomic E-state index is 12.3. The molecule has 0 unspecified atom stereocenters. The van der Waals surface area contributed by atoms with E-state index in [0.29, 0.717) is 34.1 Å². The van der Waals surface area contributed by atoms with Gasteiger partial charge in [0.15, 0.2) is 0 Å². The molecule has 1 aromatic heterocycles. The van der Waals surface area contributed by atoms with Gasteiger partial charge in [-0.25, -0.2) is 4.98 Å². The highest BCUT2D eigenvalue weighted by atomic mass is 35.5. The van der Waals surface area contributed by atoms with E-state index in [1.807, 2.05) is 66.7 Å². The normalized spacial score (nSPS) is 10.8. The lowest BCUT2D eigenvalue weighted by Gasteiger charge is -2.09. The third kappa shape index (κ3) is 3.46. The van der Waals surface area contributed by atoms with Gasteiger partial charge in [-0.05, 0) is 42.0 Å². The number of para-hydroxylation sites is 1. The molecule has 0 spiro atoms. The second kappa shape index (κ2) is 7.02. The molecule has 0 aliphatic rings. The van der Waals surface area contributed by atoms with Crippen molar-refractivity contribution in [2.24, 2.45) is 0 Å². The van der Waals surface area contributed by atoms with Crippen LogP contribution in [0.25, 0.3) is 22.3 Å². The van der Waals surface area contributed by atoms with Crippen molar-refractivity contribution in [3.63, 3.8) is 0 Å². The SMILES string of the molecule is O=c1[nH]c(-c2cccc(OCc3cccc(Cl)c3)c2)nc2ccccc12. The molecule has 0 fully saturated rings. The zero-order valence-electron chi connectivity index (χ0n) is 13.8. The molecule has 0 aliphatic heterocycles. The van der Waals surface area contributed by atoms with Crippen LogP contribution in [0.1, 0.15) is 5.56 Å². The van der Waals surface area contributed by atoms with Gasteiger partial charge in [-0.15, -0.1) is 0 Å². The number of aromatic amines is 1. The third-order valence-corrected chi connectivity index (χ3v) is 4.25. The summed E-state index contributed by atoms with van der Waals surface area (Å²) in [4.78, 5) is 19.6. The largest absolute Gasteiger partial charge is 0.489 e. The Morgan fingerprint density at radius 3 is 2.69 bits per heavy atom. The Morgan fingerprint density at radius 2 is 1.81 bits per heavy atom. The fourth-order valence-corrected chi connectivity index (χ4v) is 2.96. The predicted molar refractivity (Wildman–Crippen MR) is 104 cm³/mol. The number of hydrogen-bond donors (Lipinski definition) is 1. The molecule has 1 N–H and O–H groups in total. The van der Waals surface area contributed by atoms with Crippen LogP contribution in [-0.2, 0) is 6.61 Å². The van der Waals surface area contributed by atoms with Crippen molar-refractivity contribution in [2.45, 2.75) is 6.61 Å². The number of hydrogen-bond acceptors (Lipinski definition) is 3. The van der Waals surface area contributed by atoms with Gasteiger partial charge in [-0.3, -0.25) is 4.79 Å². The monoisotopic (exact) mass is 362 g/mol. The smallest absolute Gasteiger partial charge is 0.259 e. The fourth-order valence-electron chi connectivity index (χ4n) is 2.75. The van der Waals surface area contributed by atoms with Crippen molar-refractivity contribution in [3.8, 4) is 17.1 Å². The van der Waals surface area contributed by atoms with E-state index < -0.39 is 0 Å². The van der Waals surface area contributed by atoms with Crippen LogP contribution >= 0.6 is 11.6 Å². The average Bonchev–Trinajstić information content (AvgIpc) is 2.67. The van der Waals surface area contributed by atoms with Crippen LogP contribution in [0.3, 0.4) is 0 Å². The second-order valence-electron chi connectivity index (χ2n) is 5.88. The number of H-pyrrole nitrogens is 1. The van der Waals surface area contributed by atoms with E-state index in [9.17, 15) is 4.79 Å². The van der Waals surface area contributed by atoms with Crippen LogP contribution in [0.2, 0.25) is 5.02 Å². The number of benzene rings is 3. The first-order valence-corrected chi connectivity index (χ1v) is 8.53. The Bertz CT molecular complexity index is 1140. The van der Waals surface area contributed by atoms with Gasteiger partial charge in [-0.2, -0.15) is 0 Å². The standard InChI is InChI=1S/C21H15ClN2O2/c22-16-7-3-5-14(11-16)13-26-17-8-4-6-15(12-17)20-23-19-10-2-1-9-18(19)21(25)24-20/h1-12H,13H2,(H,23,24,25). The molecule has 5 heteroatoms. The third-order valence-electron chi connectivity index (χ3n) is 4.01. The van der Waals surface area contributed by atoms with E-state index in [1.165, 1.54) is 0 Å². The molecule has 0 atom stereocenters. The van der Waals surface area contributed by atoms with Crippen molar-refractivity contribution < 1.29 is 4.74 Å². The van der Waals surface area contributed by atoms with Crippen molar-refractivity contribution >= 4 is 22.5 Å². The van der Waals surface area contributed by atoms with E-state index in [4.69, 9.17) is 16.3 Å². The van der Waals surface area contributed by atoms with Crippen LogP contribution in [0.5, 0.6) is 5.75 Å². The van der Waals surface area contributed by atoms with Gasteiger partial charge in [-0.1, -0.05) is 48.0 Å². The topological polar surface area (TPSA) is 55.0 Å². The Balaban J connectivity index is 1.62. The minimum Gasteiger partial charge on any atom is -0.489 e. The number of aromatic nitrogens is 2. The van der Waals surface area contributed by atoms with E-state index in [1.54, 1.807) is 6.07 Å². The van der Waals surface area contributed by atoms with Crippen molar-refractivity contribution in [2.75, 3.05) is 0 Å². The second-order valence-corrected chi connectivity index (χ2v) is 6.31. The molecule has 0 saturated heterocycles. The predicted octanol–water partition coefficient (Wildman–Crippen LogP) is 4.82. The van der Waals surface area contributed by atoms with Crippen molar-refractivity contribution in [1.82, 2.24) is 9.97 Å². The van der Waals surface area contributed by atoms with Crippen molar-refractivity contribution in [1.29, 1.82) is 0 Å². The summed E-state index contributed by atoms with van der Waals surface area (Å²) in [5.74, 6) is 1.21. The molecule has 0 bridgehead atoms. The zero-order valence-corrected chi connectivity index (χ0v) is 14.5. The van der Waals surface area contributed by atoms with Crippen LogP contribution in [0, 0.1) is 0 Å². The van der Waals surface area contributed by atoms with Gasteiger partial charge in [0.2, 0.25) is 0 Å². The van der Waals surface area contributed by atoms with E-state index in [2.05, 4.69) is 9.97 Å². The summed E-state index contributed by atoms with van der Waals surface area (Å²) < 4.78 is 5.85. The molecule has 0 amide bonds. The summed E-state index contributed by atoms with van der Waals surface area (Å²) in [7, 11) is 0. The Hall–Kier alpha value is -3.11. The molecular formula is C21H15ClN2O2. The number of rotatable bonds is 4. The molecule has 128 valence electrons. The van der Waals surface area contributed by atoms with Crippen LogP contribution < -0.4 is 10.3 Å². The lowest BCUT2D eigenvalue weighted by Crippen LogP contribution is -2.09. The van der Waals surface area contributed by atoms with Crippen LogP contribution in [-0.4, -0.2) is 9.97 Å². The van der Waals surface area contributed by atoms with E-state index in [0.717, 1.165) is 11.1 Å². The summed E-state index contributed by atoms with van der Waals surface area (Å²) in [6.07, 6.45) is 0. The van der Waals surface area contributed by atoms with Gasteiger partial charge >= 0.3 is 0 Å². The molecule has 26 heavy (non-hydrogen) atoms. The molecule has 0 saturated carbocycles. The first kappa shape index (κ1) is 16.4. The van der Waals surface area contributed by atoms with Gasteiger partial charge in [0.25, 0.3) is 5.56 Å². The lowest BCUT2D eigenvalue weighted by molar-refractivity contribution is 0.306. The average molecular weight is 363 g/mol. The maximum absolute atomic E-state index is 12.3. The van der Waals surface area contributed by atoms with E-state index >= 15 is 0 Å². The summed E-state index contributed by atoms with van der Waals surface area (Å²) in [6, 6.07) is 22.3. The minimum atomic E-state index is -0.157. The number of nitrogens with zero attached hydrogens (tertiary/aromatic N) is 1. The highest BCUT2D eigenvalue weighted by molar-refractivity contribution is 6.30. The lowest BCUT2D eigenvalue weighted by atomic mass is 10.2. The molecule has 4 nitrogen and oxygen atoms in total. The molecular weight excluding hydrogens is 348 g/mol. The molecule has 1 heterocycles. The highest BCUT2D eigenvalue weighted by Gasteiger charge is 2.07. The number of ether oxygens (including phenoxy) is 1. The van der Waals surface area contributed by atoms with Gasteiger partial charge < -0.3 is 9.72 Å². The van der Waals surface area contributed by atoms with Crippen LogP contribution in [0.4, 0.5) is 0 Å². The van der Waals surface area contributed by atoms with Gasteiger partial charge in [0, 0.05) is 10.6 Å². The minimum absolute atomic E-state index is 0.157. The molecule has 0 radical (unpaired) electrons. The maximum Gasteiger partial charge on any atom is 0.259 e. The fraction of sp³-hybridized carbons (Fsp3) is 0.0476. The van der Waals surface area contributed by atoms with Crippen molar-refractivity contribution in [3.05, 3.63) is 93.7 Å². The van der Waals surface area contributed by atoms with Crippen LogP contribution in [0.15, 0.2) is 77.6 Å². The zero-order chi connectivity index (χ0) is 17.9. The summed E-state index contributed by atoms with van der Waals surface area (Å²) in [5, 5.41) is 1.25. The summed E-state index contributed by atoms with van der Waals surface area (Å²) >= 11 is 6.00. The molecule has 4 rings (SSSR count). The Labute approximate surface area is 155 Å².